The molecule has 0 aromatic heterocycles. The van der Waals surface area contributed by atoms with E-state index in [2.05, 4.69) is 6.07 Å². The van der Waals surface area contributed by atoms with E-state index < -0.39 is 11.9 Å². The van der Waals surface area contributed by atoms with Crippen molar-refractivity contribution in [3.8, 4) is 23.3 Å². The van der Waals surface area contributed by atoms with Crippen molar-refractivity contribution in [2.75, 3.05) is 0 Å². The van der Waals surface area contributed by atoms with Gasteiger partial charge in [-0.05, 0) is 48.4 Å². The Morgan fingerprint density at radius 2 is 1.75 bits per heavy atom. The Labute approximate surface area is 237 Å². The molecule has 6 nitrogen and oxygen atoms in total. The number of hydrogen-bond donors (Lipinski definition) is 1. The van der Waals surface area contributed by atoms with Crippen molar-refractivity contribution in [3.63, 3.8) is 0 Å². The van der Waals surface area contributed by atoms with Crippen LogP contribution in [0.3, 0.4) is 0 Å². The summed E-state index contributed by atoms with van der Waals surface area (Å²) in [5.41, 5.74) is 10.9. The first-order chi connectivity index (χ1) is 19.4. The third kappa shape index (κ3) is 6.01. The highest BCUT2D eigenvalue weighted by molar-refractivity contribution is 6.31. The number of nitriles is 1. The van der Waals surface area contributed by atoms with Crippen LogP contribution >= 0.6 is 11.6 Å². The zero-order chi connectivity index (χ0) is 28.1. The molecule has 7 heteroatoms. The highest BCUT2D eigenvalue weighted by atomic mass is 35.5. The molecule has 1 aliphatic heterocycles. The Hall–Kier alpha value is -4.99. The average Bonchev–Trinajstić information content (AvgIpc) is 2.96. The van der Waals surface area contributed by atoms with Crippen LogP contribution in [0.2, 0.25) is 5.02 Å². The molecule has 0 saturated heterocycles. The summed E-state index contributed by atoms with van der Waals surface area (Å²) < 4.78 is 17.1. The largest absolute Gasteiger partial charge is 0.489 e. The molecule has 0 radical (unpaired) electrons. The van der Waals surface area contributed by atoms with Crippen LogP contribution in [0.1, 0.15) is 33.7 Å². The number of benzene rings is 4. The Bertz CT molecular complexity index is 1650. The molecule has 0 saturated carbocycles. The molecule has 0 amide bonds. The van der Waals surface area contributed by atoms with Crippen LogP contribution in [-0.4, -0.2) is 5.97 Å². The molecule has 0 fully saturated rings. The molecule has 0 bridgehead atoms. The monoisotopic (exact) mass is 548 g/mol. The Balaban J connectivity index is 1.33. The van der Waals surface area contributed by atoms with E-state index in [1.165, 1.54) is 6.08 Å². The van der Waals surface area contributed by atoms with Crippen molar-refractivity contribution in [1.29, 1.82) is 5.26 Å². The molecule has 0 aliphatic carbocycles. The Kier molecular flexibility index (Phi) is 7.86. The smallest absolute Gasteiger partial charge is 0.336 e. The number of nitrogens with zero attached hydrogens (tertiary/aromatic N) is 1. The molecule has 0 spiro atoms. The summed E-state index contributed by atoms with van der Waals surface area (Å²) in [5.74, 6) is 0.383. The summed E-state index contributed by atoms with van der Waals surface area (Å²) in [5, 5.41) is 10.5. The molecule has 4 aromatic carbocycles. The number of hydrogen-bond acceptors (Lipinski definition) is 6. The predicted molar refractivity (Wildman–Crippen MR) is 154 cm³/mol. The van der Waals surface area contributed by atoms with Gasteiger partial charge in [-0.15, -0.1) is 0 Å². The summed E-state index contributed by atoms with van der Waals surface area (Å²) in [7, 11) is 0. The van der Waals surface area contributed by atoms with Crippen LogP contribution in [-0.2, 0) is 11.4 Å². The molecule has 198 valence electrons. The van der Waals surface area contributed by atoms with E-state index in [1.807, 2.05) is 79.7 Å². The average molecular weight is 549 g/mol. The first kappa shape index (κ1) is 26.6. The number of ether oxygens (including phenoxy) is 3. The van der Waals surface area contributed by atoms with Gasteiger partial charge in [-0.1, -0.05) is 77.8 Å². The van der Waals surface area contributed by atoms with Gasteiger partial charge in [-0.2, -0.15) is 5.26 Å². The van der Waals surface area contributed by atoms with Gasteiger partial charge in [0.05, 0.1) is 5.92 Å². The van der Waals surface area contributed by atoms with E-state index in [4.69, 9.17) is 31.5 Å². The second-order valence-corrected chi connectivity index (χ2v) is 9.65. The molecule has 5 rings (SSSR count). The molecular formula is C33H25ClN2O4. The second kappa shape index (κ2) is 11.8. The number of halogens is 1. The first-order valence-corrected chi connectivity index (χ1v) is 12.9. The van der Waals surface area contributed by atoms with Crippen molar-refractivity contribution in [3.05, 3.63) is 141 Å². The quantitative estimate of drug-likeness (QED) is 0.151. The number of carbonyl (C=O) groups excluding carboxylic acids is 1. The highest BCUT2D eigenvalue weighted by Gasteiger charge is 2.31. The van der Waals surface area contributed by atoms with E-state index in [1.54, 1.807) is 24.3 Å². The van der Waals surface area contributed by atoms with Gasteiger partial charge in [0.15, 0.2) is 0 Å². The lowest BCUT2D eigenvalue weighted by Crippen LogP contribution is -2.21. The van der Waals surface area contributed by atoms with Crippen LogP contribution < -0.4 is 19.9 Å². The maximum atomic E-state index is 12.4. The van der Waals surface area contributed by atoms with Crippen molar-refractivity contribution in [2.45, 2.75) is 19.4 Å². The van der Waals surface area contributed by atoms with Crippen LogP contribution in [0.4, 0.5) is 0 Å². The predicted octanol–water partition coefficient (Wildman–Crippen LogP) is 7.06. The molecule has 1 aliphatic rings. The molecule has 2 N–H and O–H groups in total. The van der Waals surface area contributed by atoms with Gasteiger partial charge in [-0.25, -0.2) is 4.79 Å². The van der Waals surface area contributed by atoms with Gasteiger partial charge in [0.25, 0.3) is 0 Å². The SMILES string of the molecule is Cc1ccc(/C=C/C(=O)Oc2ccc3c(c2)OC(N)=C(C#N)C3c2ccc(OCc3ccccc3Cl)cc2)cc1. The van der Waals surface area contributed by atoms with Gasteiger partial charge in [-0.3, -0.25) is 0 Å². The summed E-state index contributed by atoms with van der Waals surface area (Å²) >= 11 is 6.23. The number of aryl methyl sites for hydroxylation is 1. The first-order valence-electron chi connectivity index (χ1n) is 12.6. The maximum absolute atomic E-state index is 12.4. The van der Waals surface area contributed by atoms with Gasteiger partial charge < -0.3 is 19.9 Å². The van der Waals surface area contributed by atoms with Crippen molar-refractivity contribution in [2.24, 2.45) is 5.73 Å². The topological polar surface area (TPSA) is 94.6 Å². The normalized spacial score (nSPS) is 14.3. The zero-order valence-electron chi connectivity index (χ0n) is 21.6. The van der Waals surface area contributed by atoms with E-state index in [0.29, 0.717) is 34.5 Å². The number of esters is 1. The zero-order valence-corrected chi connectivity index (χ0v) is 22.4. The summed E-state index contributed by atoms with van der Waals surface area (Å²) in [4.78, 5) is 12.4. The number of allylic oxidation sites excluding steroid dienone is 1. The van der Waals surface area contributed by atoms with E-state index in [-0.39, 0.29) is 5.88 Å². The Morgan fingerprint density at radius 1 is 1.02 bits per heavy atom. The lowest BCUT2D eigenvalue weighted by atomic mass is 9.83. The van der Waals surface area contributed by atoms with E-state index >= 15 is 0 Å². The van der Waals surface area contributed by atoms with Crippen molar-refractivity contribution >= 4 is 23.6 Å². The molecule has 1 atom stereocenters. The molecule has 40 heavy (non-hydrogen) atoms. The number of rotatable bonds is 7. The Morgan fingerprint density at radius 3 is 2.48 bits per heavy atom. The molecule has 1 heterocycles. The number of carbonyl (C=O) groups is 1. The minimum atomic E-state index is -0.526. The fraction of sp³-hybridized carbons (Fsp3) is 0.0909. The minimum Gasteiger partial charge on any atom is -0.489 e. The molecule has 1 unspecified atom stereocenters. The van der Waals surface area contributed by atoms with Gasteiger partial charge in [0.1, 0.15) is 35.5 Å². The third-order valence-electron chi connectivity index (χ3n) is 6.46. The standard InChI is InChI=1S/C33H25ClN2O4/c1-21-6-8-22(9-7-21)10-17-31(37)39-26-15-16-27-30(18-26)40-33(36)28(19-35)32(27)23-11-13-25(14-12-23)38-20-24-4-2-3-5-29(24)34/h2-18,32H,20,36H2,1H3/b17-10+. The highest BCUT2D eigenvalue weighted by Crippen LogP contribution is 2.43. The minimum absolute atomic E-state index is 0.00166. The lowest BCUT2D eigenvalue weighted by molar-refractivity contribution is -0.128. The van der Waals surface area contributed by atoms with Gasteiger partial charge in [0, 0.05) is 28.3 Å². The van der Waals surface area contributed by atoms with Gasteiger partial charge >= 0.3 is 5.97 Å². The van der Waals surface area contributed by atoms with Crippen LogP contribution in [0.15, 0.2) is 109 Å². The van der Waals surface area contributed by atoms with Gasteiger partial charge in [0.2, 0.25) is 5.88 Å². The third-order valence-corrected chi connectivity index (χ3v) is 6.83. The summed E-state index contributed by atoms with van der Waals surface area (Å²) in [6.07, 6.45) is 3.06. The number of nitrogens with two attached hydrogens (primary N) is 1. The van der Waals surface area contributed by atoms with Crippen LogP contribution in [0.5, 0.6) is 17.2 Å². The number of fused-ring (bicyclic) bond motifs is 1. The van der Waals surface area contributed by atoms with Crippen LogP contribution in [0, 0.1) is 18.3 Å². The maximum Gasteiger partial charge on any atom is 0.336 e. The van der Waals surface area contributed by atoms with Crippen LogP contribution in [0.25, 0.3) is 6.08 Å². The van der Waals surface area contributed by atoms with E-state index in [9.17, 15) is 10.1 Å². The molecular weight excluding hydrogens is 524 g/mol. The second-order valence-electron chi connectivity index (χ2n) is 9.24. The summed E-state index contributed by atoms with van der Waals surface area (Å²) in [6, 6.07) is 30.0. The van der Waals surface area contributed by atoms with E-state index in [0.717, 1.165) is 27.8 Å². The molecule has 4 aromatic rings. The fourth-order valence-corrected chi connectivity index (χ4v) is 4.56. The van der Waals surface area contributed by atoms with Crippen molar-refractivity contribution < 1.29 is 19.0 Å². The fourth-order valence-electron chi connectivity index (χ4n) is 4.37. The lowest BCUT2D eigenvalue weighted by Gasteiger charge is -2.26. The summed E-state index contributed by atoms with van der Waals surface area (Å²) in [6.45, 7) is 2.33. The van der Waals surface area contributed by atoms with Crippen molar-refractivity contribution in [1.82, 2.24) is 0 Å².